The molecule has 1 rings (SSSR count). The number of halogens is 1. The standard InChI is InChI=1S/C7H10ClN3O2S/c8-5-1-6(9)3-7(2-5)11-4-14(10,12)13/h1-3,11H,4,9H2,(H2,10,12,13). The van der Waals surface area contributed by atoms with Crippen molar-refractivity contribution in [1.29, 1.82) is 0 Å². The molecule has 0 aliphatic carbocycles. The number of nitrogen functional groups attached to an aromatic ring is 1. The van der Waals surface area contributed by atoms with Crippen molar-refractivity contribution >= 4 is 33.0 Å². The fourth-order valence-corrected chi connectivity index (χ4v) is 1.51. The molecule has 1 aromatic carbocycles. The van der Waals surface area contributed by atoms with E-state index in [0.717, 1.165) is 0 Å². The summed E-state index contributed by atoms with van der Waals surface area (Å²) in [5, 5.41) is 7.83. The van der Waals surface area contributed by atoms with E-state index in [1.54, 1.807) is 18.2 Å². The minimum Gasteiger partial charge on any atom is -0.399 e. The summed E-state index contributed by atoms with van der Waals surface area (Å²) in [6.45, 7) is 0. The zero-order chi connectivity index (χ0) is 10.8. The Morgan fingerprint density at radius 2 is 2.00 bits per heavy atom. The van der Waals surface area contributed by atoms with Gasteiger partial charge >= 0.3 is 0 Å². The third kappa shape index (κ3) is 3.82. The molecule has 14 heavy (non-hydrogen) atoms. The van der Waals surface area contributed by atoms with Crippen LogP contribution in [0.25, 0.3) is 0 Å². The molecule has 0 saturated carbocycles. The van der Waals surface area contributed by atoms with E-state index in [9.17, 15) is 8.42 Å². The molecule has 0 aromatic heterocycles. The molecule has 0 saturated heterocycles. The normalized spacial score (nSPS) is 11.3. The van der Waals surface area contributed by atoms with Crippen LogP contribution in [0.15, 0.2) is 18.2 Å². The molecule has 0 unspecified atom stereocenters. The Bertz CT molecular complexity index is 412. The first-order valence-electron chi connectivity index (χ1n) is 3.67. The van der Waals surface area contributed by atoms with Crippen LogP contribution in [0.3, 0.4) is 0 Å². The minimum atomic E-state index is -3.54. The van der Waals surface area contributed by atoms with Gasteiger partial charge in [0.25, 0.3) is 0 Å². The minimum absolute atomic E-state index is 0.354. The number of rotatable bonds is 3. The lowest BCUT2D eigenvalue weighted by molar-refractivity contribution is 0.599. The van der Waals surface area contributed by atoms with E-state index < -0.39 is 10.0 Å². The number of nitrogens with two attached hydrogens (primary N) is 2. The van der Waals surface area contributed by atoms with Gasteiger partial charge in [-0.1, -0.05) is 11.6 Å². The fourth-order valence-electron chi connectivity index (χ4n) is 0.898. The van der Waals surface area contributed by atoms with Crippen LogP contribution in [0.4, 0.5) is 11.4 Å². The number of hydrogen-bond donors (Lipinski definition) is 3. The summed E-state index contributed by atoms with van der Waals surface area (Å²) >= 11 is 5.70. The van der Waals surface area contributed by atoms with Gasteiger partial charge in [-0.2, -0.15) is 0 Å². The van der Waals surface area contributed by atoms with Crippen molar-refractivity contribution in [2.24, 2.45) is 5.14 Å². The van der Waals surface area contributed by atoms with E-state index in [1.807, 2.05) is 0 Å². The largest absolute Gasteiger partial charge is 0.399 e. The molecule has 0 aliphatic heterocycles. The first-order valence-corrected chi connectivity index (χ1v) is 5.76. The van der Waals surface area contributed by atoms with Crippen molar-refractivity contribution < 1.29 is 8.42 Å². The molecule has 0 atom stereocenters. The highest BCUT2D eigenvalue weighted by atomic mass is 35.5. The second kappa shape index (κ2) is 4.04. The van der Waals surface area contributed by atoms with Gasteiger partial charge in [-0.05, 0) is 18.2 Å². The smallest absolute Gasteiger partial charge is 0.227 e. The second-order valence-electron chi connectivity index (χ2n) is 2.76. The Morgan fingerprint density at radius 1 is 1.36 bits per heavy atom. The van der Waals surface area contributed by atoms with Crippen molar-refractivity contribution in [1.82, 2.24) is 0 Å². The molecule has 0 heterocycles. The van der Waals surface area contributed by atoms with Crippen molar-refractivity contribution in [3.63, 3.8) is 0 Å². The van der Waals surface area contributed by atoms with E-state index in [1.165, 1.54) is 0 Å². The predicted octanol–water partition coefficient (Wildman–Crippen LogP) is 0.580. The number of anilines is 2. The van der Waals surface area contributed by atoms with Gasteiger partial charge in [-0.15, -0.1) is 0 Å². The van der Waals surface area contributed by atoms with Gasteiger partial charge in [-0.25, -0.2) is 13.6 Å². The highest BCUT2D eigenvalue weighted by molar-refractivity contribution is 7.89. The van der Waals surface area contributed by atoms with E-state index >= 15 is 0 Å². The predicted molar refractivity (Wildman–Crippen MR) is 57.5 cm³/mol. The molecule has 5 N–H and O–H groups in total. The van der Waals surface area contributed by atoms with Gasteiger partial charge in [0, 0.05) is 16.4 Å². The number of sulfonamides is 1. The third-order valence-electron chi connectivity index (χ3n) is 1.40. The number of nitrogens with one attached hydrogen (secondary N) is 1. The summed E-state index contributed by atoms with van der Waals surface area (Å²) in [6, 6.07) is 4.68. The van der Waals surface area contributed by atoms with E-state index in [0.29, 0.717) is 16.4 Å². The van der Waals surface area contributed by atoms with Crippen molar-refractivity contribution in [2.75, 3.05) is 16.9 Å². The van der Waals surface area contributed by atoms with Crippen LogP contribution in [0, 0.1) is 0 Å². The molecule has 1 aromatic rings. The molecule has 0 aliphatic rings. The Kier molecular flexibility index (Phi) is 3.20. The average Bonchev–Trinajstić information content (AvgIpc) is 1.97. The van der Waals surface area contributed by atoms with Crippen LogP contribution in [-0.4, -0.2) is 14.3 Å². The molecular weight excluding hydrogens is 226 g/mol. The second-order valence-corrected chi connectivity index (χ2v) is 4.81. The van der Waals surface area contributed by atoms with Crippen LogP contribution in [0.5, 0.6) is 0 Å². The lowest BCUT2D eigenvalue weighted by Crippen LogP contribution is -2.22. The Morgan fingerprint density at radius 3 is 2.50 bits per heavy atom. The molecule has 7 heteroatoms. The molecule has 0 fully saturated rings. The summed E-state index contributed by atoms with van der Waals surface area (Å²) in [7, 11) is -3.54. The highest BCUT2D eigenvalue weighted by Crippen LogP contribution is 2.20. The molecule has 0 bridgehead atoms. The van der Waals surface area contributed by atoms with Gasteiger partial charge < -0.3 is 11.1 Å². The average molecular weight is 236 g/mol. The zero-order valence-corrected chi connectivity index (χ0v) is 8.77. The summed E-state index contributed by atoms with van der Waals surface area (Å²) in [6.07, 6.45) is 0. The van der Waals surface area contributed by atoms with E-state index in [-0.39, 0.29) is 5.88 Å². The van der Waals surface area contributed by atoms with Crippen LogP contribution in [0.2, 0.25) is 5.02 Å². The summed E-state index contributed by atoms with van der Waals surface area (Å²) < 4.78 is 21.3. The maximum Gasteiger partial charge on any atom is 0.227 e. The van der Waals surface area contributed by atoms with Gasteiger partial charge in [-0.3, -0.25) is 0 Å². The molecule has 0 spiro atoms. The number of primary sulfonamides is 1. The molecule has 0 radical (unpaired) electrons. The molecular formula is C7H10ClN3O2S. The maximum absolute atomic E-state index is 10.6. The van der Waals surface area contributed by atoms with Gasteiger partial charge in [0.15, 0.2) is 0 Å². The summed E-state index contributed by atoms with van der Waals surface area (Å²) in [5.74, 6) is -0.354. The lowest BCUT2D eigenvalue weighted by Gasteiger charge is -2.06. The van der Waals surface area contributed by atoms with Crippen LogP contribution >= 0.6 is 11.6 Å². The molecule has 78 valence electrons. The maximum atomic E-state index is 10.6. The summed E-state index contributed by atoms with van der Waals surface area (Å²) in [5.41, 5.74) is 6.46. The lowest BCUT2D eigenvalue weighted by atomic mass is 10.3. The Balaban J connectivity index is 2.78. The van der Waals surface area contributed by atoms with Crippen LogP contribution in [0.1, 0.15) is 0 Å². The Hall–Kier alpha value is -0.980. The van der Waals surface area contributed by atoms with E-state index in [4.69, 9.17) is 22.5 Å². The van der Waals surface area contributed by atoms with Crippen LogP contribution < -0.4 is 16.2 Å². The topological polar surface area (TPSA) is 98.2 Å². The first-order chi connectivity index (χ1) is 6.37. The van der Waals surface area contributed by atoms with Crippen LogP contribution in [-0.2, 0) is 10.0 Å². The van der Waals surface area contributed by atoms with Crippen molar-refractivity contribution in [2.45, 2.75) is 0 Å². The number of hydrogen-bond acceptors (Lipinski definition) is 4. The van der Waals surface area contributed by atoms with Gasteiger partial charge in [0.1, 0.15) is 5.88 Å². The van der Waals surface area contributed by atoms with Gasteiger partial charge in [0.2, 0.25) is 10.0 Å². The third-order valence-corrected chi connectivity index (χ3v) is 2.16. The van der Waals surface area contributed by atoms with E-state index in [2.05, 4.69) is 5.32 Å². The summed E-state index contributed by atoms with van der Waals surface area (Å²) in [4.78, 5) is 0. The first kappa shape index (κ1) is 11.1. The van der Waals surface area contributed by atoms with Crippen molar-refractivity contribution in [3.05, 3.63) is 23.2 Å². The fraction of sp³-hybridized carbons (Fsp3) is 0.143. The Labute approximate surface area is 87.1 Å². The van der Waals surface area contributed by atoms with Crippen molar-refractivity contribution in [3.8, 4) is 0 Å². The SMILES string of the molecule is Nc1cc(Cl)cc(NCS(N)(=O)=O)c1. The quantitative estimate of drug-likeness (QED) is 0.668. The zero-order valence-electron chi connectivity index (χ0n) is 7.20. The number of benzene rings is 1. The molecule has 0 amide bonds. The molecule has 5 nitrogen and oxygen atoms in total. The highest BCUT2D eigenvalue weighted by Gasteiger charge is 2.02. The monoisotopic (exact) mass is 235 g/mol. The van der Waals surface area contributed by atoms with Gasteiger partial charge in [0.05, 0.1) is 0 Å².